The molecule has 1 unspecified atom stereocenters. The van der Waals surface area contributed by atoms with Crippen LogP contribution in [0, 0.1) is 6.92 Å². The Kier molecular flexibility index (Phi) is 6.83. The summed E-state index contributed by atoms with van der Waals surface area (Å²) in [6.07, 6.45) is 0.880. The maximum absolute atomic E-state index is 12.1. The standard InChI is InChI=1S/C19H21ClN2O3/c1-4-24-17-8-5-15(6-9-17)12-21-22-19(23)14(3)25-18-10-7-16(20)11-13(18)2/h5-12,14H,4H2,1-3H3,(H,22,23). The third-order valence-electron chi connectivity index (χ3n) is 3.39. The van der Waals surface area contributed by atoms with Crippen LogP contribution < -0.4 is 14.9 Å². The molecule has 0 heterocycles. The minimum Gasteiger partial charge on any atom is -0.494 e. The molecule has 0 aliphatic carbocycles. The number of amides is 1. The lowest BCUT2D eigenvalue weighted by atomic mass is 10.2. The maximum Gasteiger partial charge on any atom is 0.280 e. The summed E-state index contributed by atoms with van der Waals surface area (Å²) in [5, 5.41) is 4.58. The van der Waals surface area contributed by atoms with Gasteiger partial charge in [0.05, 0.1) is 12.8 Å². The Balaban J connectivity index is 1.88. The fourth-order valence-electron chi connectivity index (χ4n) is 2.07. The van der Waals surface area contributed by atoms with Gasteiger partial charge in [-0.2, -0.15) is 5.10 Å². The highest BCUT2D eigenvalue weighted by Gasteiger charge is 2.15. The number of hydrogen-bond acceptors (Lipinski definition) is 4. The van der Waals surface area contributed by atoms with Crippen LogP contribution >= 0.6 is 11.6 Å². The SMILES string of the molecule is CCOc1ccc(C=NNC(=O)C(C)Oc2ccc(Cl)cc2C)cc1. The smallest absolute Gasteiger partial charge is 0.280 e. The minimum absolute atomic E-state index is 0.337. The molecular formula is C19H21ClN2O3. The van der Waals surface area contributed by atoms with Crippen LogP contribution in [0.3, 0.4) is 0 Å². The highest BCUT2D eigenvalue weighted by atomic mass is 35.5. The normalized spacial score (nSPS) is 12.0. The number of carbonyl (C=O) groups excluding carboxylic acids is 1. The Labute approximate surface area is 152 Å². The molecule has 25 heavy (non-hydrogen) atoms. The molecule has 6 heteroatoms. The van der Waals surface area contributed by atoms with Crippen molar-refractivity contribution in [1.29, 1.82) is 0 Å². The quantitative estimate of drug-likeness (QED) is 0.600. The molecule has 0 aromatic heterocycles. The molecule has 0 bridgehead atoms. The first-order valence-electron chi connectivity index (χ1n) is 7.98. The molecule has 1 atom stereocenters. The van der Waals surface area contributed by atoms with Gasteiger partial charge in [0.15, 0.2) is 6.10 Å². The minimum atomic E-state index is -0.683. The monoisotopic (exact) mass is 360 g/mol. The first-order chi connectivity index (χ1) is 12.0. The lowest BCUT2D eigenvalue weighted by molar-refractivity contribution is -0.127. The Morgan fingerprint density at radius 3 is 2.64 bits per heavy atom. The number of benzene rings is 2. The first-order valence-corrected chi connectivity index (χ1v) is 8.36. The molecule has 0 saturated heterocycles. The van der Waals surface area contributed by atoms with Crippen molar-refractivity contribution in [3.63, 3.8) is 0 Å². The van der Waals surface area contributed by atoms with E-state index in [0.29, 0.717) is 17.4 Å². The number of hydrogen-bond donors (Lipinski definition) is 1. The molecule has 2 aromatic rings. The van der Waals surface area contributed by atoms with Crippen molar-refractivity contribution in [2.75, 3.05) is 6.61 Å². The largest absolute Gasteiger partial charge is 0.494 e. The number of halogens is 1. The highest BCUT2D eigenvalue weighted by molar-refractivity contribution is 6.30. The topological polar surface area (TPSA) is 59.9 Å². The number of ether oxygens (including phenoxy) is 2. The van der Waals surface area contributed by atoms with Gasteiger partial charge in [0.25, 0.3) is 5.91 Å². The molecule has 1 amide bonds. The van der Waals surface area contributed by atoms with Crippen LogP contribution in [-0.4, -0.2) is 24.8 Å². The number of nitrogens with zero attached hydrogens (tertiary/aromatic N) is 1. The number of rotatable bonds is 7. The van der Waals surface area contributed by atoms with Crippen molar-refractivity contribution in [2.24, 2.45) is 5.10 Å². The molecule has 0 spiro atoms. The van der Waals surface area contributed by atoms with Gasteiger partial charge in [0, 0.05) is 5.02 Å². The molecule has 0 saturated carbocycles. The zero-order chi connectivity index (χ0) is 18.2. The molecular weight excluding hydrogens is 340 g/mol. The number of nitrogens with one attached hydrogen (secondary N) is 1. The molecule has 0 aliphatic heterocycles. The van der Waals surface area contributed by atoms with E-state index in [1.165, 1.54) is 0 Å². The van der Waals surface area contributed by atoms with Gasteiger partial charge in [0.2, 0.25) is 0 Å². The van der Waals surface area contributed by atoms with E-state index < -0.39 is 6.10 Å². The van der Waals surface area contributed by atoms with Crippen molar-refractivity contribution in [3.05, 3.63) is 58.6 Å². The van der Waals surface area contributed by atoms with E-state index in [0.717, 1.165) is 16.9 Å². The summed E-state index contributed by atoms with van der Waals surface area (Å²) < 4.78 is 11.0. The lowest BCUT2D eigenvalue weighted by Gasteiger charge is -2.14. The van der Waals surface area contributed by atoms with Gasteiger partial charge >= 0.3 is 0 Å². The Bertz CT molecular complexity index is 745. The summed E-state index contributed by atoms with van der Waals surface area (Å²) in [5.41, 5.74) is 4.19. The summed E-state index contributed by atoms with van der Waals surface area (Å²) >= 11 is 5.91. The van der Waals surface area contributed by atoms with Gasteiger partial charge in [-0.3, -0.25) is 4.79 Å². The van der Waals surface area contributed by atoms with Crippen molar-refractivity contribution in [2.45, 2.75) is 26.9 Å². The Hall–Kier alpha value is -2.53. The summed E-state index contributed by atoms with van der Waals surface area (Å²) in [5.74, 6) is 1.07. The lowest BCUT2D eigenvalue weighted by Crippen LogP contribution is -2.33. The second-order valence-electron chi connectivity index (χ2n) is 5.41. The van der Waals surface area contributed by atoms with Crippen LogP contribution in [0.4, 0.5) is 0 Å². The molecule has 2 rings (SSSR count). The van der Waals surface area contributed by atoms with Crippen LogP contribution in [0.1, 0.15) is 25.0 Å². The van der Waals surface area contributed by atoms with Gasteiger partial charge < -0.3 is 9.47 Å². The molecule has 5 nitrogen and oxygen atoms in total. The summed E-state index contributed by atoms with van der Waals surface area (Å²) in [6.45, 7) is 6.08. The number of hydrazone groups is 1. The van der Waals surface area contributed by atoms with Crippen molar-refractivity contribution in [3.8, 4) is 11.5 Å². The summed E-state index contributed by atoms with van der Waals surface area (Å²) in [4.78, 5) is 12.1. The predicted octanol–water partition coefficient (Wildman–Crippen LogP) is 3.96. The third kappa shape index (κ3) is 5.80. The molecule has 2 aromatic carbocycles. The second kappa shape index (κ2) is 9.08. The Morgan fingerprint density at radius 2 is 2.00 bits per heavy atom. The highest BCUT2D eigenvalue weighted by Crippen LogP contribution is 2.22. The van der Waals surface area contributed by atoms with Gasteiger partial charge in [-0.05, 0) is 74.4 Å². The summed E-state index contributed by atoms with van der Waals surface area (Å²) in [7, 11) is 0. The zero-order valence-corrected chi connectivity index (χ0v) is 15.2. The van der Waals surface area contributed by atoms with Gasteiger partial charge in [-0.15, -0.1) is 0 Å². The number of aryl methyl sites for hydroxylation is 1. The van der Waals surface area contributed by atoms with Gasteiger partial charge in [-0.25, -0.2) is 5.43 Å². The number of carbonyl (C=O) groups is 1. The predicted molar refractivity (Wildman–Crippen MR) is 99.6 cm³/mol. The third-order valence-corrected chi connectivity index (χ3v) is 3.62. The van der Waals surface area contributed by atoms with Crippen molar-refractivity contribution in [1.82, 2.24) is 5.43 Å². The fourth-order valence-corrected chi connectivity index (χ4v) is 2.29. The van der Waals surface area contributed by atoms with Crippen LogP contribution in [0.15, 0.2) is 47.6 Å². The van der Waals surface area contributed by atoms with Gasteiger partial charge in [0.1, 0.15) is 11.5 Å². The Morgan fingerprint density at radius 1 is 1.28 bits per heavy atom. The molecule has 0 aliphatic rings. The first kappa shape index (κ1) is 18.8. The molecule has 132 valence electrons. The van der Waals surface area contributed by atoms with E-state index in [2.05, 4.69) is 10.5 Å². The van der Waals surface area contributed by atoms with Crippen LogP contribution in [0.5, 0.6) is 11.5 Å². The molecule has 0 fully saturated rings. The maximum atomic E-state index is 12.1. The molecule has 1 N–H and O–H groups in total. The van der Waals surface area contributed by atoms with Crippen LogP contribution in [-0.2, 0) is 4.79 Å². The second-order valence-corrected chi connectivity index (χ2v) is 5.84. The van der Waals surface area contributed by atoms with E-state index in [1.54, 1.807) is 31.3 Å². The average Bonchev–Trinajstić information content (AvgIpc) is 2.59. The van der Waals surface area contributed by atoms with Gasteiger partial charge in [-0.1, -0.05) is 11.6 Å². The molecule has 0 radical (unpaired) electrons. The van der Waals surface area contributed by atoms with E-state index in [4.69, 9.17) is 21.1 Å². The van der Waals surface area contributed by atoms with E-state index in [1.807, 2.05) is 38.1 Å². The van der Waals surface area contributed by atoms with E-state index in [9.17, 15) is 4.79 Å². The van der Waals surface area contributed by atoms with Crippen LogP contribution in [0.25, 0.3) is 0 Å². The van der Waals surface area contributed by atoms with E-state index in [-0.39, 0.29) is 5.91 Å². The van der Waals surface area contributed by atoms with Crippen LogP contribution in [0.2, 0.25) is 5.02 Å². The van der Waals surface area contributed by atoms with Crippen molar-refractivity contribution >= 4 is 23.7 Å². The average molecular weight is 361 g/mol. The zero-order valence-electron chi connectivity index (χ0n) is 14.5. The van der Waals surface area contributed by atoms with Crippen molar-refractivity contribution < 1.29 is 14.3 Å². The summed E-state index contributed by atoms with van der Waals surface area (Å²) in [6, 6.07) is 12.7. The fraction of sp³-hybridized carbons (Fsp3) is 0.263. The van der Waals surface area contributed by atoms with E-state index >= 15 is 0 Å².